The van der Waals surface area contributed by atoms with Gasteiger partial charge in [-0.25, -0.2) is 4.79 Å². The van der Waals surface area contributed by atoms with Gasteiger partial charge < -0.3 is 18.9 Å². The molecule has 27 heavy (non-hydrogen) atoms. The molecule has 6 heteroatoms. The average Bonchev–Trinajstić information content (AvgIpc) is 2.91. The molecule has 0 N–H and O–H groups in total. The van der Waals surface area contributed by atoms with Crippen LogP contribution in [0.15, 0.2) is 42.5 Å². The van der Waals surface area contributed by atoms with Gasteiger partial charge in [-0.3, -0.25) is 0 Å². The van der Waals surface area contributed by atoms with Gasteiger partial charge in [-0.2, -0.15) is 0 Å². The molecule has 0 amide bonds. The first-order chi connectivity index (χ1) is 13.1. The fraction of sp³-hybridized carbons (Fsp3) is 0.286. The van der Waals surface area contributed by atoms with E-state index in [1.165, 1.54) is 6.08 Å². The molecule has 1 aliphatic heterocycles. The van der Waals surface area contributed by atoms with E-state index in [9.17, 15) is 4.79 Å². The molecule has 0 fully saturated rings. The zero-order valence-corrected chi connectivity index (χ0v) is 15.8. The fourth-order valence-corrected chi connectivity index (χ4v) is 2.85. The minimum Gasteiger partial charge on any atom is -0.490 e. The second-order valence-corrected chi connectivity index (χ2v) is 6.40. The van der Waals surface area contributed by atoms with E-state index >= 15 is 0 Å². The Hall–Kier alpha value is -2.66. The van der Waals surface area contributed by atoms with E-state index in [2.05, 4.69) is 0 Å². The van der Waals surface area contributed by atoms with Gasteiger partial charge in [0.1, 0.15) is 19.0 Å². The van der Waals surface area contributed by atoms with Crippen molar-refractivity contribution in [3.05, 3.63) is 58.6 Å². The summed E-state index contributed by atoms with van der Waals surface area (Å²) in [6.07, 6.45) is 3.78. The van der Waals surface area contributed by atoms with Crippen LogP contribution in [0.5, 0.6) is 17.2 Å². The number of carbonyl (C=O) groups is 1. The third-order valence-electron chi connectivity index (χ3n) is 3.92. The Bertz CT molecular complexity index is 831. The van der Waals surface area contributed by atoms with Crippen molar-refractivity contribution in [3.8, 4) is 17.2 Å². The molecular weight excluding hydrogens is 368 g/mol. The number of esters is 1. The first-order valence-corrected chi connectivity index (χ1v) is 9.14. The highest BCUT2D eigenvalue weighted by molar-refractivity contribution is 6.32. The van der Waals surface area contributed by atoms with Crippen LogP contribution in [0, 0.1) is 6.92 Å². The molecule has 5 nitrogen and oxygen atoms in total. The minimum atomic E-state index is -0.452. The first-order valence-electron chi connectivity index (χ1n) is 8.76. The van der Waals surface area contributed by atoms with Crippen molar-refractivity contribution >= 4 is 23.6 Å². The maximum Gasteiger partial charge on any atom is 0.330 e. The SMILES string of the molecule is Cc1ccccc1OCCOC(=O)/C=C/c1cc(Cl)c2c(c1)OCCCO2. The lowest BCUT2D eigenvalue weighted by molar-refractivity contribution is -0.138. The Morgan fingerprint density at radius 3 is 2.85 bits per heavy atom. The van der Waals surface area contributed by atoms with Gasteiger partial charge in [0.25, 0.3) is 0 Å². The van der Waals surface area contributed by atoms with Gasteiger partial charge in [0.15, 0.2) is 11.5 Å². The van der Waals surface area contributed by atoms with E-state index in [1.807, 2.05) is 31.2 Å². The van der Waals surface area contributed by atoms with Crippen LogP contribution in [0.1, 0.15) is 17.5 Å². The van der Waals surface area contributed by atoms with E-state index in [0.717, 1.165) is 23.3 Å². The number of fused-ring (bicyclic) bond motifs is 1. The first kappa shape index (κ1) is 19.1. The van der Waals surface area contributed by atoms with Gasteiger partial charge in [0.2, 0.25) is 0 Å². The van der Waals surface area contributed by atoms with Crippen molar-refractivity contribution in [2.24, 2.45) is 0 Å². The highest BCUT2D eigenvalue weighted by Crippen LogP contribution is 2.38. The van der Waals surface area contributed by atoms with Crippen LogP contribution < -0.4 is 14.2 Å². The maximum atomic E-state index is 11.9. The van der Waals surface area contributed by atoms with Gasteiger partial charge >= 0.3 is 5.97 Å². The van der Waals surface area contributed by atoms with Crippen molar-refractivity contribution < 1.29 is 23.7 Å². The van der Waals surface area contributed by atoms with Gasteiger partial charge in [0, 0.05) is 12.5 Å². The van der Waals surface area contributed by atoms with Crippen LogP contribution in [-0.2, 0) is 9.53 Å². The monoisotopic (exact) mass is 388 g/mol. The second-order valence-electron chi connectivity index (χ2n) is 6.00. The third-order valence-corrected chi connectivity index (χ3v) is 4.20. The van der Waals surface area contributed by atoms with Crippen molar-refractivity contribution in [2.45, 2.75) is 13.3 Å². The molecule has 0 bridgehead atoms. The molecule has 0 saturated heterocycles. The minimum absolute atomic E-state index is 0.166. The molecule has 0 atom stereocenters. The van der Waals surface area contributed by atoms with Crippen molar-refractivity contribution in [3.63, 3.8) is 0 Å². The predicted octanol–water partition coefficient (Wildman–Crippen LogP) is 4.45. The summed E-state index contributed by atoms with van der Waals surface area (Å²) in [6.45, 7) is 3.56. The predicted molar refractivity (Wildman–Crippen MR) is 104 cm³/mol. The Morgan fingerprint density at radius 2 is 2.00 bits per heavy atom. The van der Waals surface area contributed by atoms with Crippen LogP contribution in [0.25, 0.3) is 6.08 Å². The van der Waals surface area contributed by atoms with Gasteiger partial charge in [-0.1, -0.05) is 29.8 Å². The van der Waals surface area contributed by atoms with Crippen LogP contribution in [0.4, 0.5) is 0 Å². The quantitative estimate of drug-likeness (QED) is 0.416. The summed E-state index contributed by atoms with van der Waals surface area (Å²) in [5, 5.41) is 0.453. The number of rotatable bonds is 6. The molecule has 3 rings (SSSR count). The number of benzene rings is 2. The number of hydrogen-bond acceptors (Lipinski definition) is 5. The zero-order valence-electron chi connectivity index (χ0n) is 15.1. The molecule has 0 radical (unpaired) electrons. The van der Waals surface area contributed by atoms with Crippen molar-refractivity contribution in [1.82, 2.24) is 0 Å². The number of carbonyl (C=O) groups excluding carboxylic acids is 1. The molecule has 0 spiro atoms. The van der Waals surface area contributed by atoms with Crippen molar-refractivity contribution in [1.29, 1.82) is 0 Å². The maximum absolute atomic E-state index is 11.9. The largest absolute Gasteiger partial charge is 0.490 e. The number of hydrogen-bond donors (Lipinski definition) is 0. The van der Waals surface area contributed by atoms with Crippen LogP contribution in [-0.4, -0.2) is 32.4 Å². The summed E-state index contributed by atoms with van der Waals surface area (Å²) in [7, 11) is 0. The summed E-state index contributed by atoms with van der Waals surface area (Å²) >= 11 is 6.24. The van der Waals surface area contributed by atoms with Gasteiger partial charge in [-0.15, -0.1) is 0 Å². The molecule has 2 aromatic rings. The van der Waals surface area contributed by atoms with E-state index in [0.29, 0.717) is 36.3 Å². The van der Waals surface area contributed by atoms with Gasteiger partial charge in [0.05, 0.1) is 18.2 Å². The normalized spacial score (nSPS) is 13.3. The molecule has 0 saturated carbocycles. The third kappa shape index (κ3) is 5.41. The molecule has 2 aromatic carbocycles. The summed E-state index contributed by atoms with van der Waals surface area (Å²) in [5.74, 6) is 1.46. The van der Waals surface area contributed by atoms with Crippen LogP contribution in [0.3, 0.4) is 0 Å². The molecule has 0 aromatic heterocycles. The Kier molecular flexibility index (Phi) is 6.60. The molecule has 0 unspecified atom stereocenters. The summed E-state index contributed by atoms with van der Waals surface area (Å²) in [4.78, 5) is 11.9. The Balaban J connectivity index is 1.50. The molecule has 142 valence electrons. The average molecular weight is 389 g/mol. The molecule has 0 aliphatic carbocycles. The number of para-hydroxylation sites is 1. The Labute approximate surface area is 163 Å². The summed E-state index contributed by atoms with van der Waals surface area (Å²) in [6, 6.07) is 11.2. The standard InChI is InChI=1S/C21H21ClO5/c1-15-5-2-3-6-18(15)25-11-12-26-20(23)8-7-16-13-17(22)21-19(14-16)24-9-4-10-27-21/h2-3,5-8,13-14H,4,9-12H2,1H3/b8-7+. The van der Waals surface area contributed by atoms with Gasteiger partial charge in [-0.05, 0) is 42.3 Å². The smallest absolute Gasteiger partial charge is 0.330 e. The van der Waals surface area contributed by atoms with Crippen molar-refractivity contribution in [2.75, 3.05) is 26.4 Å². The molecule has 1 heterocycles. The molecular formula is C21H21ClO5. The summed E-state index contributed by atoms with van der Waals surface area (Å²) < 4.78 is 22.0. The molecule has 1 aliphatic rings. The topological polar surface area (TPSA) is 54.0 Å². The van der Waals surface area contributed by atoms with E-state index in [1.54, 1.807) is 18.2 Å². The lowest BCUT2D eigenvalue weighted by Gasteiger charge is -2.10. The number of aryl methyl sites for hydroxylation is 1. The number of halogens is 1. The lowest BCUT2D eigenvalue weighted by Crippen LogP contribution is -2.10. The highest BCUT2D eigenvalue weighted by Gasteiger charge is 2.15. The van der Waals surface area contributed by atoms with E-state index in [-0.39, 0.29) is 6.61 Å². The van der Waals surface area contributed by atoms with E-state index in [4.69, 9.17) is 30.5 Å². The fourth-order valence-electron chi connectivity index (χ4n) is 2.57. The number of ether oxygens (including phenoxy) is 4. The van der Waals surface area contributed by atoms with Crippen LogP contribution in [0.2, 0.25) is 5.02 Å². The van der Waals surface area contributed by atoms with E-state index < -0.39 is 5.97 Å². The summed E-state index contributed by atoms with van der Waals surface area (Å²) in [5.41, 5.74) is 1.77. The van der Waals surface area contributed by atoms with Crippen LogP contribution >= 0.6 is 11.6 Å². The Morgan fingerprint density at radius 1 is 1.19 bits per heavy atom. The lowest BCUT2D eigenvalue weighted by atomic mass is 10.2. The highest BCUT2D eigenvalue weighted by atomic mass is 35.5. The zero-order chi connectivity index (χ0) is 19.1. The second kappa shape index (κ2) is 9.33.